The Balaban J connectivity index is 1.77. The Kier molecular flexibility index (Phi) is 5.43. The zero-order valence-electron chi connectivity index (χ0n) is 17.8. The third kappa shape index (κ3) is 4.01. The van der Waals surface area contributed by atoms with Crippen LogP contribution in [0, 0.1) is 17.0 Å². The van der Waals surface area contributed by atoms with Crippen LogP contribution in [0.2, 0.25) is 0 Å². The van der Waals surface area contributed by atoms with Gasteiger partial charge in [0.15, 0.2) is 0 Å². The molecule has 1 amide bonds. The molecule has 0 spiro atoms. The molecule has 0 aliphatic carbocycles. The molecule has 4 aromatic rings. The summed E-state index contributed by atoms with van der Waals surface area (Å²) in [5, 5.41) is 19.1. The van der Waals surface area contributed by atoms with Crippen molar-refractivity contribution in [2.75, 3.05) is 11.1 Å². The first-order valence-corrected chi connectivity index (χ1v) is 11.5. The number of fused-ring (bicyclic) bond motifs is 1. The van der Waals surface area contributed by atoms with Gasteiger partial charge < -0.3 is 5.32 Å². The predicted octanol–water partition coefficient (Wildman–Crippen LogP) is 5.53. The molecule has 0 bridgehead atoms. The van der Waals surface area contributed by atoms with Gasteiger partial charge in [0.1, 0.15) is 5.82 Å². The minimum absolute atomic E-state index is 0.0189. The van der Waals surface area contributed by atoms with E-state index in [4.69, 9.17) is 5.10 Å². The molecule has 0 saturated carbocycles. The average molecular weight is 457 g/mol. The van der Waals surface area contributed by atoms with E-state index < -0.39 is 4.92 Å². The van der Waals surface area contributed by atoms with E-state index in [1.165, 1.54) is 17.8 Å². The van der Waals surface area contributed by atoms with Crippen LogP contribution >= 0.6 is 11.8 Å². The summed E-state index contributed by atoms with van der Waals surface area (Å²) in [7, 11) is 0. The second kappa shape index (κ2) is 8.55. The summed E-state index contributed by atoms with van der Waals surface area (Å²) in [6.45, 7) is 2.01. The second-order valence-corrected chi connectivity index (χ2v) is 8.91. The second-order valence-electron chi connectivity index (χ2n) is 7.82. The van der Waals surface area contributed by atoms with E-state index in [1.54, 1.807) is 16.8 Å². The van der Waals surface area contributed by atoms with E-state index in [0.717, 1.165) is 33.6 Å². The number of nitro groups is 1. The van der Waals surface area contributed by atoms with Crippen LogP contribution in [0.25, 0.3) is 16.9 Å². The van der Waals surface area contributed by atoms with Crippen LogP contribution in [0.3, 0.4) is 0 Å². The van der Waals surface area contributed by atoms with Crippen LogP contribution in [0.15, 0.2) is 78.9 Å². The van der Waals surface area contributed by atoms with Gasteiger partial charge in [-0.25, -0.2) is 4.68 Å². The largest absolute Gasteiger partial charge is 0.310 e. The van der Waals surface area contributed by atoms with Crippen molar-refractivity contribution in [3.8, 4) is 16.9 Å². The SMILES string of the molecule is Cc1ccc(-n2nc(-c3ccccc3)c3c2NC(=O)CSC3c2cccc([N+](=O)[O-])c2)cc1. The highest BCUT2D eigenvalue weighted by molar-refractivity contribution is 8.00. The van der Waals surface area contributed by atoms with Gasteiger partial charge in [0.25, 0.3) is 5.69 Å². The molecular weight excluding hydrogens is 436 g/mol. The summed E-state index contributed by atoms with van der Waals surface area (Å²) < 4.78 is 1.76. The number of nitrogens with zero attached hydrogens (tertiary/aromatic N) is 3. The van der Waals surface area contributed by atoms with E-state index >= 15 is 0 Å². The first kappa shape index (κ1) is 21.0. The van der Waals surface area contributed by atoms with Gasteiger partial charge in [-0.3, -0.25) is 14.9 Å². The summed E-state index contributed by atoms with van der Waals surface area (Å²) in [6.07, 6.45) is 0. The Morgan fingerprint density at radius 2 is 1.82 bits per heavy atom. The van der Waals surface area contributed by atoms with Gasteiger partial charge >= 0.3 is 0 Å². The molecular formula is C25H20N4O3S. The van der Waals surface area contributed by atoms with Crippen molar-refractivity contribution >= 4 is 29.2 Å². The highest BCUT2D eigenvalue weighted by atomic mass is 32.2. The average Bonchev–Trinajstić information content (AvgIpc) is 3.10. The standard InChI is InChI=1S/C25H20N4O3S/c1-16-10-12-19(13-11-16)28-25-22(23(27-28)17-6-3-2-4-7-17)24(33-15-21(30)26-25)18-8-5-9-20(14-18)29(31)32/h2-14,24H,15H2,1H3,(H,26,30). The zero-order chi connectivity index (χ0) is 22.9. The van der Waals surface area contributed by atoms with Crippen molar-refractivity contribution in [2.24, 2.45) is 0 Å². The number of rotatable bonds is 4. The minimum Gasteiger partial charge on any atom is -0.310 e. The number of benzene rings is 3. The number of carbonyl (C=O) groups is 1. The van der Waals surface area contributed by atoms with Crippen LogP contribution in [-0.2, 0) is 4.79 Å². The summed E-state index contributed by atoms with van der Waals surface area (Å²) in [5.41, 5.74) is 5.19. The number of aromatic nitrogens is 2. The molecule has 2 heterocycles. The number of hydrogen-bond acceptors (Lipinski definition) is 5. The molecule has 8 heteroatoms. The van der Waals surface area contributed by atoms with E-state index in [2.05, 4.69) is 5.32 Å². The Hall–Kier alpha value is -3.91. The fourth-order valence-corrected chi connectivity index (χ4v) is 5.07. The Morgan fingerprint density at radius 3 is 2.55 bits per heavy atom. The number of aryl methyl sites for hydroxylation is 1. The van der Waals surface area contributed by atoms with Crippen LogP contribution in [0.1, 0.15) is 21.9 Å². The highest BCUT2D eigenvalue weighted by Gasteiger charge is 2.33. The maximum atomic E-state index is 12.7. The molecule has 3 aromatic carbocycles. The van der Waals surface area contributed by atoms with Crippen molar-refractivity contribution in [1.29, 1.82) is 0 Å². The maximum absolute atomic E-state index is 12.7. The molecule has 0 fully saturated rings. The number of nitro benzene ring substituents is 1. The van der Waals surface area contributed by atoms with E-state index in [0.29, 0.717) is 5.82 Å². The molecule has 1 aromatic heterocycles. The molecule has 1 aliphatic rings. The molecule has 1 aliphatic heterocycles. The first-order valence-electron chi connectivity index (χ1n) is 10.4. The van der Waals surface area contributed by atoms with Crippen molar-refractivity contribution in [2.45, 2.75) is 12.2 Å². The lowest BCUT2D eigenvalue weighted by Gasteiger charge is -2.16. The minimum atomic E-state index is -0.400. The number of amides is 1. The Bertz CT molecular complexity index is 1350. The molecule has 7 nitrogen and oxygen atoms in total. The number of carbonyl (C=O) groups excluding carboxylic acids is 1. The number of anilines is 1. The molecule has 0 saturated heterocycles. The third-order valence-electron chi connectivity index (χ3n) is 5.53. The summed E-state index contributed by atoms with van der Waals surface area (Å²) in [5.74, 6) is 0.677. The van der Waals surface area contributed by atoms with Crippen LogP contribution in [0.5, 0.6) is 0 Å². The zero-order valence-corrected chi connectivity index (χ0v) is 18.6. The van der Waals surface area contributed by atoms with Gasteiger partial charge in [-0.2, -0.15) is 5.10 Å². The first-order chi connectivity index (χ1) is 16.0. The molecule has 1 atom stereocenters. The summed E-state index contributed by atoms with van der Waals surface area (Å²) in [4.78, 5) is 23.7. The third-order valence-corrected chi connectivity index (χ3v) is 6.80. The number of nitrogens with one attached hydrogen (secondary N) is 1. The number of thioether (sulfide) groups is 1. The molecule has 164 valence electrons. The summed E-state index contributed by atoms with van der Waals surface area (Å²) in [6, 6.07) is 24.3. The molecule has 33 heavy (non-hydrogen) atoms. The van der Waals surface area contributed by atoms with Crippen molar-refractivity contribution in [1.82, 2.24) is 9.78 Å². The van der Waals surface area contributed by atoms with E-state index in [-0.39, 0.29) is 22.6 Å². The smallest absolute Gasteiger partial charge is 0.269 e. The van der Waals surface area contributed by atoms with Gasteiger partial charge in [-0.1, -0.05) is 60.2 Å². The lowest BCUT2D eigenvalue weighted by atomic mass is 9.99. The number of non-ortho nitro benzene ring substituents is 1. The predicted molar refractivity (Wildman–Crippen MR) is 130 cm³/mol. The normalized spacial score (nSPS) is 15.4. The quantitative estimate of drug-likeness (QED) is 0.322. The summed E-state index contributed by atoms with van der Waals surface area (Å²) >= 11 is 1.44. The Labute approximate surface area is 194 Å². The van der Waals surface area contributed by atoms with Crippen LogP contribution in [-0.4, -0.2) is 26.4 Å². The van der Waals surface area contributed by atoms with Gasteiger partial charge in [0.2, 0.25) is 5.91 Å². The van der Waals surface area contributed by atoms with E-state index in [9.17, 15) is 14.9 Å². The van der Waals surface area contributed by atoms with Crippen LogP contribution < -0.4 is 5.32 Å². The fourth-order valence-electron chi connectivity index (χ4n) is 3.96. The highest BCUT2D eigenvalue weighted by Crippen LogP contribution is 2.47. The Morgan fingerprint density at radius 1 is 1.06 bits per heavy atom. The van der Waals surface area contributed by atoms with Crippen molar-refractivity contribution in [3.05, 3.63) is 106 Å². The van der Waals surface area contributed by atoms with Crippen molar-refractivity contribution < 1.29 is 9.72 Å². The van der Waals surface area contributed by atoms with Gasteiger partial charge in [-0.15, -0.1) is 11.8 Å². The van der Waals surface area contributed by atoms with Crippen molar-refractivity contribution in [3.63, 3.8) is 0 Å². The number of hydrogen-bond donors (Lipinski definition) is 1. The van der Waals surface area contributed by atoms with E-state index in [1.807, 2.05) is 67.6 Å². The molecule has 0 radical (unpaired) electrons. The molecule has 1 unspecified atom stereocenters. The maximum Gasteiger partial charge on any atom is 0.269 e. The van der Waals surface area contributed by atoms with Gasteiger partial charge in [0, 0.05) is 23.3 Å². The van der Waals surface area contributed by atoms with Gasteiger partial charge in [-0.05, 0) is 24.6 Å². The topological polar surface area (TPSA) is 90.1 Å². The van der Waals surface area contributed by atoms with Crippen LogP contribution in [0.4, 0.5) is 11.5 Å². The fraction of sp³-hybridized carbons (Fsp3) is 0.120. The molecule has 1 N–H and O–H groups in total. The lowest BCUT2D eigenvalue weighted by molar-refractivity contribution is -0.384. The van der Waals surface area contributed by atoms with Gasteiger partial charge in [0.05, 0.1) is 27.3 Å². The molecule has 5 rings (SSSR count). The lowest BCUT2D eigenvalue weighted by Crippen LogP contribution is -2.15. The monoisotopic (exact) mass is 456 g/mol.